The van der Waals surface area contributed by atoms with Crippen molar-refractivity contribution in [3.05, 3.63) is 83.4 Å². The average Bonchev–Trinajstić information content (AvgIpc) is 2.79. The van der Waals surface area contributed by atoms with E-state index in [2.05, 4.69) is 22.2 Å². The van der Waals surface area contributed by atoms with E-state index in [0.29, 0.717) is 18.0 Å². The number of carbonyl (C=O) groups is 1. The maximum atomic E-state index is 13.0. The summed E-state index contributed by atoms with van der Waals surface area (Å²) in [4.78, 5) is 13.5. The van der Waals surface area contributed by atoms with Gasteiger partial charge in [-0.25, -0.2) is 8.42 Å². The number of amides is 1. The van der Waals surface area contributed by atoms with E-state index in [1.807, 2.05) is 37.3 Å². The monoisotopic (exact) mass is 470 g/mol. The van der Waals surface area contributed by atoms with E-state index in [1.54, 1.807) is 24.8 Å². The van der Waals surface area contributed by atoms with Crippen LogP contribution in [0.5, 0.6) is 5.75 Å². The van der Waals surface area contributed by atoms with Crippen LogP contribution in [0.25, 0.3) is 0 Å². The third-order valence-electron chi connectivity index (χ3n) is 4.75. The van der Waals surface area contributed by atoms with Crippen LogP contribution in [0.3, 0.4) is 0 Å². The molecule has 32 heavy (non-hydrogen) atoms. The van der Waals surface area contributed by atoms with Crippen LogP contribution in [0.1, 0.15) is 28.4 Å². The second-order valence-corrected chi connectivity index (χ2v) is 9.81. The van der Waals surface area contributed by atoms with Crippen LogP contribution in [-0.2, 0) is 15.8 Å². The molecule has 0 spiro atoms. The Hall–Kier alpha value is -2.97. The first-order valence-electron chi connectivity index (χ1n) is 10.1. The molecule has 0 atom stereocenters. The van der Waals surface area contributed by atoms with Gasteiger partial charge in [0, 0.05) is 17.2 Å². The van der Waals surface area contributed by atoms with Gasteiger partial charge < -0.3 is 10.1 Å². The van der Waals surface area contributed by atoms with E-state index in [4.69, 9.17) is 4.74 Å². The number of benzene rings is 3. The number of hydrogen-bond donors (Lipinski definition) is 2. The molecule has 3 aromatic rings. The van der Waals surface area contributed by atoms with Crippen molar-refractivity contribution < 1.29 is 17.9 Å². The molecule has 0 saturated heterocycles. The molecular weight excluding hydrogens is 444 g/mol. The highest BCUT2D eigenvalue weighted by molar-refractivity contribution is 7.98. The average molecular weight is 471 g/mol. The van der Waals surface area contributed by atoms with Gasteiger partial charge in [0.15, 0.2) is 0 Å². The molecule has 0 aliphatic rings. The quantitative estimate of drug-likeness (QED) is 0.437. The highest BCUT2D eigenvalue weighted by Crippen LogP contribution is 2.28. The highest BCUT2D eigenvalue weighted by Gasteiger charge is 2.20. The molecule has 0 heterocycles. The van der Waals surface area contributed by atoms with E-state index in [9.17, 15) is 13.2 Å². The summed E-state index contributed by atoms with van der Waals surface area (Å²) in [5.74, 6) is 0.705. The lowest BCUT2D eigenvalue weighted by Gasteiger charge is -2.14. The predicted molar refractivity (Wildman–Crippen MR) is 129 cm³/mol. The fourth-order valence-electron chi connectivity index (χ4n) is 3.10. The summed E-state index contributed by atoms with van der Waals surface area (Å²) < 4.78 is 33.8. The molecule has 0 radical (unpaired) electrons. The maximum absolute atomic E-state index is 13.0. The van der Waals surface area contributed by atoms with Gasteiger partial charge in [0.1, 0.15) is 5.75 Å². The molecule has 1 amide bonds. The number of thioether (sulfide) groups is 1. The number of hydrogen-bond acceptors (Lipinski definition) is 5. The normalized spacial score (nSPS) is 11.1. The third-order valence-corrected chi connectivity index (χ3v) is 7.19. The zero-order valence-electron chi connectivity index (χ0n) is 18.2. The van der Waals surface area contributed by atoms with Crippen LogP contribution in [0.2, 0.25) is 0 Å². The zero-order valence-corrected chi connectivity index (χ0v) is 19.8. The van der Waals surface area contributed by atoms with Crippen molar-refractivity contribution in [1.29, 1.82) is 0 Å². The molecule has 3 rings (SSSR count). The van der Waals surface area contributed by atoms with Crippen LogP contribution in [-0.4, -0.2) is 28.0 Å². The lowest BCUT2D eigenvalue weighted by atomic mass is 10.1. The minimum atomic E-state index is -3.89. The van der Waals surface area contributed by atoms with Gasteiger partial charge in [-0.1, -0.05) is 30.3 Å². The van der Waals surface area contributed by atoms with Crippen molar-refractivity contribution in [3.8, 4) is 5.75 Å². The summed E-state index contributed by atoms with van der Waals surface area (Å²) in [6, 6.07) is 20.0. The number of ether oxygens (including phenoxy) is 1. The fraction of sp³-hybridized carbons (Fsp3) is 0.208. The summed E-state index contributed by atoms with van der Waals surface area (Å²) in [5, 5.41) is 2.67. The Morgan fingerprint density at radius 3 is 2.44 bits per heavy atom. The number of nitrogens with one attached hydrogen (secondary N) is 2. The summed E-state index contributed by atoms with van der Waals surface area (Å²) in [5.41, 5.74) is 2.58. The molecule has 3 aromatic carbocycles. The van der Waals surface area contributed by atoms with Crippen LogP contribution in [0, 0.1) is 6.92 Å². The first kappa shape index (κ1) is 23.7. The molecule has 168 valence electrons. The Labute approximate surface area is 193 Å². The summed E-state index contributed by atoms with van der Waals surface area (Å²) in [6.45, 7) is 4.07. The molecule has 0 unspecified atom stereocenters. The Bertz CT molecular complexity index is 1200. The lowest BCUT2D eigenvalue weighted by Crippen LogP contribution is -2.24. The minimum Gasteiger partial charge on any atom is -0.496 e. The summed E-state index contributed by atoms with van der Waals surface area (Å²) in [6.07, 6.45) is 0. The third kappa shape index (κ3) is 5.83. The number of methoxy groups -OCH3 is 1. The molecule has 0 aliphatic heterocycles. The lowest BCUT2D eigenvalue weighted by molar-refractivity contribution is 0.0952. The van der Waals surface area contributed by atoms with Gasteiger partial charge in [0.2, 0.25) is 0 Å². The van der Waals surface area contributed by atoms with Crippen LogP contribution in [0.15, 0.2) is 76.5 Å². The van der Waals surface area contributed by atoms with Crippen molar-refractivity contribution in [1.82, 2.24) is 5.32 Å². The molecule has 2 N–H and O–H groups in total. The molecular formula is C24H26N2O4S2. The number of anilines is 1. The molecule has 8 heteroatoms. The number of sulfonamides is 1. The van der Waals surface area contributed by atoms with E-state index in [-0.39, 0.29) is 10.5 Å². The predicted octanol–water partition coefficient (Wildman–Crippen LogP) is 4.85. The summed E-state index contributed by atoms with van der Waals surface area (Å²) in [7, 11) is -2.45. The minimum absolute atomic E-state index is 0.0114. The second kappa shape index (κ2) is 10.6. The topological polar surface area (TPSA) is 84.5 Å². The van der Waals surface area contributed by atoms with Gasteiger partial charge in [-0.2, -0.15) is 0 Å². The molecule has 0 saturated carbocycles. The van der Waals surface area contributed by atoms with E-state index >= 15 is 0 Å². The van der Waals surface area contributed by atoms with Gasteiger partial charge in [0.05, 0.1) is 23.3 Å². The standard InChI is InChI=1S/C24H26N2O4S2/c1-4-25-24(27)21-15-20(11-13-23(21)30-3)32(28,29)26-22-12-10-18(14-17(22)2)16-31-19-8-6-5-7-9-19/h5-15,26H,4,16H2,1-3H3,(H,25,27). The van der Waals surface area contributed by atoms with Crippen molar-refractivity contribution >= 4 is 33.4 Å². The number of carbonyl (C=O) groups excluding carboxylic acids is 1. The van der Waals surface area contributed by atoms with E-state index in [1.165, 1.54) is 30.2 Å². The van der Waals surface area contributed by atoms with Crippen molar-refractivity contribution in [3.63, 3.8) is 0 Å². The van der Waals surface area contributed by atoms with Gasteiger partial charge >= 0.3 is 0 Å². The van der Waals surface area contributed by atoms with Crippen LogP contribution >= 0.6 is 11.8 Å². The number of rotatable bonds is 9. The van der Waals surface area contributed by atoms with Crippen molar-refractivity contribution in [2.45, 2.75) is 29.4 Å². The molecule has 0 fully saturated rings. The summed E-state index contributed by atoms with van der Waals surface area (Å²) >= 11 is 1.72. The van der Waals surface area contributed by atoms with Gasteiger partial charge in [-0.05, 0) is 61.4 Å². The Morgan fingerprint density at radius 1 is 1.03 bits per heavy atom. The first-order chi connectivity index (χ1) is 15.3. The fourth-order valence-corrected chi connectivity index (χ4v) is 5.12. The van der Waals surface area contributed by atoms with Gasteiger partial charge in [-0.15, -0.1) is 11.8 Å². The van der Waals surface area contributed by atoms with Crippen LogP contribution < -0.4 is 14.8 Å². The maximum Gasteiger partial charge on any atom is 0.261 e. The Kier molecular flexibility index (Phi) is 7.82. The van der Waals surface area contributed by atoms with Gasteiger partial charge in [0.25, 0.3) is 15.9 Å². The number of aryl methyl sites for hydroxylation is 1. The van der Waals surface area contributed by atoms with E-state index in [0.717, 1.165) is 16.9 Å². The highest BCUT2D eigenvalue weighted by atomic mass is 32.2. The van der Waals surface area contributed by atoms with E-state index < -0.39 is 15.9 Å². The van der Waals surface area contributed by atoms with Crippen molar-refractivity contribution in [2.75, 3.05) is 18.4 Å². The SMILES string of the molecule is CCNC(=O)c1cc(S(=O)(=O)Nc2ccc(CSc3ccccc3)cc2C)ccc1OC. The van der Waals surface area contributed by atoms with Crippen LogP contribution in [0.4, 0.5) is 5.69 Å². The molecule has 6 nitrogen and oxygen atoms in total. The van der Waals surface area contributed by atoms with Crippen molar-refractivity contribution in [2.24, 2.45) is 0 Å². The van der Waals surface area contributed by atoms with Gasteiger partial charge in [-0.3, -0.25) is 9.52 Å². The zero-order chi connectivity index (χ0) is 23.1. The first-order valence-corrected chi connectivity index (χ1v) is 12.6. The molecule has 0 aromatic heterocycles. The smallest absolute Gasteiger partial charge is 0.261 e. The Balaban J connectivity index is 1.78. The molecule has 0 aliphatic carbocycles. The largest absolute Gasteiger partial charge is 0.496 e. The molecule has 0 bridgehead atoms. The second-order valence-electron chi connectivity index (χ2n) is 7.08. The Morgan fingerprint density at radius 2 is 1.78 bits per heavy atom.